The number of aliphatic hydroxyl groups excluding tert-OH is 3. The fourth-order valence-corrected chi connectivity index (χ4v) is 1.16. The van der Waals surface area contributed by atoms with Gasteiger partial charge >= 0.3 is 11.9 Å². The van der Waals surface area contributed by atoms with Crippen LogP contribution in [0.5, 0.6) is 0 Å². The predicted molar refractivity (Wildman–Crippen MR) is 56.2 cm³/mol. The standard InChI is InChI=1S/C10H18O7/c11-5-1-2-7(13)8(6-12)17-10(16)4-3-9(14)15/h7-8,11-13H,1-6H2,(H,14,15). The van der Waals surface area contributed by atoms with E-state index in [2.05, 4.69) is 0 Å². The number of carbonyl (C=O) groups excluding carboxylic acids is 1. The Morgan fingerprint density at radius 1 is 1.18 bits per heavy atom. The quantitative estimate of drug-likeness (QED) is 0.382. The Bertz CT molecular complexity index is 241. The van der Waals surface area contributed by atoms with Crippen LogP contribution in [0.15, 0.2) is 0 Å². The second kappa shape index (κ2) is 8.91. The molecule has 0 heterocycles. The zero-order chi connectivity index (χ0) is 13.3. The molecule has 7 nitrogen and oxygen atoms in total. The number of carboxylic acids is 1. The van der Waals surface area contributed by atoms with Crippen LogP contribution in [0.1, 0.15) is 25.7 Å². The third-order valence-electron chi connectivity index (χ3n) is 2.09. The number of aliphatic carboxylic acids is 1. The van der Waals surface area contributed by atoms with Gasteiger partial charge in [-0.2, -0.15) is 0 Å². The fraction of sp³-hybridized carbons (Fsp3) is 0.800. The molecule has 7 heteroatoms. The summed E-state index contributed by atoms with van der Waals surface area (Å²) in [5.41, 5.74) is 0. The van der Waals surface area contributed by atoms with Gasteiger partial charge in [0, 0.05) is 6.61 Å². The summed E-state index contributed by atoms with van der Waals surface area (Å²) in [7, 11) is 0. The number of hydrogen-bond acceptors (Lipinski definition) is 6. The fourth-order valence-electron chi connectivity index (χ4n) is 1.16. The maximum atomic E-state index is 11.1. The second-order valence-corrected chi connectivity index (χ2v) is 3.54. The van der Waals surface area contributed by atoms with Crippen molar-refractivity contribution in [1.82, 2.24) is 0 Å². The number of aliphatic hydroxyl groups is 3. The molecule has 0 saturated heterocycles. The van der Waals surface area contributed by atoms with E-state index in [1.165, 1.54) is 0 Å². The molecule has 0 aliphatic carbocycles. The zero-order valence-electron chi connectivity index (χ0n) is 9.41. The third kappa shape index (κ3) is 7.67. The van der Waals surface area contributed by atoms with E-state index < -0.39 is 30.8 Å². The highest BCUT2D eigenvalue weighted by molar-refractivity contribution is 5.76. The van der Waals surface area contributed by atoms with Crippen LogP contribution in [0.3, 0.4) is 0 Å². The molecular formula is C10H18O7. The summed E-state index contributed by atoms with van der Waals surface area (Å²) in [5.74, 6) is -1.90. The Morgan fingerprint density at radius 3 is 2.29 bits per heavy atom. The molecule has 0 spiro atoms. The average Bonchev–Trinajstić information content (AvgIpc) is 2.30. The second-order valence-electron chi connectivity index (χ2n) is 3.54. The Balaban J connectivity index is 4.01. The van der Waals surface area contributed by atoms with Gasteiger partial charge in [-0.05, 0) is 12.8 Å². The van der Waals surface area contributed by atoms with E-state index in [0.717, 1.165) is 0 Å². The highest BCUT2D eigenvalue weighted by Crippen LogP contribution is 2.08. The van der Waals surface area contributed by atoms with Gasteiger partial charge in [-0.15, -0.1) is 0 Å². The molecule has 2 atom stereocenters. The van der Waals surface area contributed by atoms with Crippen LogP contribution in [-0.2, 0) is 14.3 Å². The monoisotopic (exact) mass is 250 g/mol. The zero-order valence-corrected chi connectivity index (χ0v) is 9.41. The lowest BCUT2D eigenvalue weighted by Crippen LogP contribution is -2.34. The molecular weight excluding hydrogens is 232 g/mol. The lowest BCUT2D eigenvalue weighted by atomic mass is 10.1. The summed E-state index contributed by atoms with van der Waals surface area (Å²) in [6, 6.07) is 0. The molecule has 0 bridgehead atoms. The van der Waals surface area contributed by atoms with Crippen LogP contribution in [0.4, 0.5) is 0 Å². The summed E-state index contributed by atoms with van der Waals surface area (Å²) in [6.07, 6.45) is -2.30. The number of carboxylic acid groups (broad SMARTS) is 1. The van der Waals surface area contributed by atoms with Crippen molar-refractivity contribution < 1.29 is 34.8 Å². The van der Waals surface area contributed by atoms with Gasteiger partial charge in [-0.1, -0.05) is 0 Å². The normalized spacial score (nSPS) is 14.1. The molecule has 0 aromatic rings. The first-order valence-electron chi connectivity index (χ1n) is 5.32. The molecule has 2 unspecified atom stereocenters. The first-order valence-corrected chi connectivity index (χ1v) is 5.32. The maximum absolute atomic E-state index is 11.1. The van der Waals surface area contributed by atoms with E-state index in [9.17, 15) is 14.7 Å². The van der Waals surface area contributed by atoms with Crippen LogP contribution in [0.25, 0.3) is 0 Å². The third-order valence-corrected chi connectivity index (χ3v) is 2.09. The summed E-state index contributed by atoms with van der Waals surface area (Å²) in [5, 5.41) is 35.3. The Kier molecular flexibility index (Phi) is 8.29. The van der Waals surface area contributed by atoms with Crippen LogP contribution in [0, 0.1) is 0 Å². The molecule has 0 amide bonds. The molecule has 17 heavy (non-hydrogen) atoms. The molecule has 0 rings (SSSR count). The molecule has 0 aromatic heterocycles. The molecule has 0 radical (unpaired) electrons. The van der Waals surface area contributed by atoms with Crippen LogP contribution >= 0.6 is 0 Å². The molecule has 0 saturated carbocycles. The largest absolute Gasteiger partial charge is 0.481 e. The number of esters is 1. The van der Waals surface area contributed by atoms with Crippen molar-refractivity contribution in [2.24, 2.45) is 0 Å². The number of ether oxygens (including phenoxy) is 1. The molecule has 0 aliphatic rings. The Hall–Kier alpha value is -1.18. The summed E-state index contributed by atoms with van der Waals surface area (Å²) in [6.45, 7) is -0.659. The highest BCUT2D eigenvalue weighted by Gasteiger charge is 2.22. The summed E-state index contributed by atoms with van der Waals surface area (Å²) < 4.78 is 4.72. The minimum Gasteiger partial charge on any atom is -0.481 e. The van der Waals surface area contributed by atoms with Crippen molar-refractivity contribution >= 4 is 11.9 Å². The Labute approximate surface area is 98.6 Å². The van der Waals surface area contributed by atoms with Crippen LogP contribution in [-0.4, -0.2) is 57.8 Å². The molecule has 0 aromatic carbocycles. The summed E-state index contributed by atoms with van der Waals surface area (Å²) in [4.78, 5) is 21.3. The SMILES string of the molecule is O=C(O)CCC(=O)OC(CO)C(O)CCCO. The van der Waals surface area contributed by atoms with Gasteiger partial charge in [-0.25, -0.2) is 0 Å². The minimum absolute atomic E-state index is 0.109. The van der Waals surface area contributed by atoms with Crippen molar-refractivity contribution in [3.8, 4) is 0 Å². The van der Waals surface area contributed by atoms with E-state index in [1.807, 2.05) is 0 Å². The van der Waals surface area contributed by atoms with E-state index in [0.29, 0.717) is 6.42 Å². The topological polar surface area (TPSA) is 124 Å². The van der Waals surface area contributed by atoms with Gasteiger partial charge in [-0.3, -0.25) is 9.59 Å². The molecule has 0 aliphatic heterocycles. The lowest BCUT2D eigenvalue weighted by Gasteiger charge is -2.20. The van der Waals surface area contributed by atoms with E-state index >= 15 is 0 Å². The Morgan fingerprint density at radius 2 is 1.82 bits per heavy atom. The smallest absolute Gasteiger partial charge is 0.306 e. The van der Waals surface area contributed by atoms with Gasteiger partial charge in [0.15, 0.2) is 6.10 Å². The van der Waals surface area contributed by atoms with E-state index in [1.54, 1.807) is 0 Å². The molecule has 100 valence electrons. The van der Waals surface area contributed by atoms with Crippen molar-refractivity contribution in [3.63, 3.8) is 0 Å². The van der Waals surface area contributed by atoms with Crippen molar-refractivity contribution in [1.29, 1.82) is 0 Å². The maximum Gasteiger partial charge on any atom is 0.306 e. The first kappa shape index (κ1) is 15.8. The average molecular weight is 250 g/mol. The molecule has 4 N–H and O–H groups in total. The van der Waals surface area contributed by atoms with Crippen molar-refractivity contribution in [2.45, 2.75) is 37.9 Å². The van der Waals surface area contributed by atoms with Gasteiger partial charge in [0.05, 0.1) is 25.6 Å². The molecule has 0 fully saturated rings. The number of rotatable bonds is 9. The van der Waals surface area contributed by atoms with Gasteiger partial charge in [0.25, 0.3) is 0 Å². The van der Waals surface area contributed by atoms with Crippen molar-refractivity contribution in [2.75, 3.05) is 13.2 Å². The van der Waals surface area contributed by atoms with Gasteiger partial charge < -0.3 is 25.2 Å². The van der Waals surface area contributed by atoms with Gasteiger partial charge in [0.1, 0.15) is 0 Å². The van der Waals surface area contributed by atoms with Crippen LogP contribution in [0.2, 0.25) is 0 Å². The predicted octanol–water partition coefficient (Wildman–Crippen LogP) is -1.11. The minimum atomic E-state index is -1.12. The lowest BCUT2D eigenvalue weighted by molar-refractivity contribution is -0.160. The number of hydrogen-bond donors (Lipinski definition) is 4. The van der Waals surface area contributed by atoms with E-state index in [4.69, 9.17) is 20.1 Å². The van der Waals surface area contributed by atoms with Gasteiger partial charge in [0.2, 0.25) is 0 Å². The highest BCUT2D eigenvalue weighted by atomic mass is 16.6. The number of carbonyl (C=O) groups is 2. The summed E-state index contributed by atoms with van der Waals surface area (Å²) >= 11 is 0. The van der Waals surface area contributed by atoms with Crippen molar-refractivity contribution in [3.05, 3.63) is 0 Å². The van der Waals surface area contributed by atoms with E-state index in [-0.39, 0.29) is 25.9 Å². The first-order chi connectivity index (χ1) is 8.01. The van der Waals surface area contributed by atoms with Crippen LogP contribution < -0.4 is 0 Å².